The van der Waals surface area contributed by atoms with E-state index in [0.29, 0.717) is 19.1 Å². The predicted molar refractivity (Wildman–Crippen MR) is 66.4 cm³/mol. The largest absolute Gasteiger partial charge is 0.464 e. The Hall–Kier alpha value is -1.53. The lowest BCUT2D eigenvalue weighted by atomic mass is 10.4. The average molecular weight is 240 g/mol. The van der Waals surface area contributed by atoms with Crippen LogP contribution in [-0.4, -0.2) is 26.2 Å². The Labute approximate surface area is 101 Å². The van der Waals surface area contributed by atoms with Gasteiger partial charge in [-0.05, 0) is 25.5 Å². The van der Waals surface area contributed by atoms with E-state index in [0.717, 1.165) is 24.5 Å². The quantitative estimate of drug-likeness (QED) is 0.222. The molecule has 17 heavy (non-hydrogen) atoms. The summed E-state index contributed by atoms with van der Waals surface area (Å²) in [6.45, 7) is 3.83. The van der Waals surface area contributed by atoms with Crippen molar-refractivity contribution in [2.75, 3.05) is 20.3 Å². The van der Waals surface area contributed by atoms with Crippen molar-refractivity contribution in [1.82, 2.24) is 10.7 Å². The number of rotatable bonds is 6. The van der Waals surface area contributed by atoms with Gasteiger partial charge in [-0.25, -0.2) is 10.8 Å². The molecule has 0 fully saturated rings. The summed E-state index contributed by atoms with van der Waals surface area (Å²) >= 11 is 0. The number of ether oxygens (including phenoxy) is 1. The van der Waals surface area contributed by atoms with Crippen molar-refractivity contribution < 1.29 is 9.15 Å². The molecule has 0 bridgehead atoms. The van der Waals surface area contributed by atoms with E-state index in [9.17, 15) is 0 Å². The van der Waals surface area contributed by atoms with Crippen LogP contribution in [0.15, 0.2) is 21.5 Å². The number of furan rings is 1. The van der Waals surface area contributed by atoms with E-state index in [2.05, 4.69) is 15.7 Å². The Morgan fingerprint density at radius 3 is 2.94 bits per heavy atom. The number of aliphatic imine (C=N–C) groups is 1. The minimum absolute atomic E-state index is 0.463. The third kappa shape index (κ3) is 5.37. The Kier molecular flexibility index (Phi) is 6.13. The van der Waals surface area contributed by atoms with E-state index >= 15 is 0 Å². The van der Waals surface area contributed by atoms with E-state index in [1.807, 2.05) is 19.1 Å². The van der Waals surface area contributed by atoms with Crippen molar-refractivity contribution in [2.45, 2.75) is 19.9 Å². The van der Waals surface area contributed by atoms with Crippen molar-refractivity contribution in [2.24, 2.45) is 10.8 Å². The molecule has 6 heteroatoms. The number of methoxy groups -OCH3 is 1. The molecule has 0 unspecified atom stereocenters. The molecule has 6 nitrogen and oxygen atoms in total. The minimum atomic E-state index is 0.463. The predicted octanol–water partition coefficient (Wildman–Crippen LogP) is 0.533. The highest BCUT2D eigenvalue weighted by atomic mass is 16.5. The monoisotopic (exact) mass is 240 g/mol. The van der Waals surface area contributed by atoms with Crippen LogP contribution in [0.4, 0.5) is 0 Å². The van der Waals surface area contributed by atoms with Gasteiger partial charge in [-0.2, -0.15) is 0 Å². The van der Waals surface area contributed by atoms with Crippen LogP contribution in [0.2, 0.25) is 0 Å². The third-order valence-corrected chi connectivity index (χ3v) is 2.14. The van der Waals surface area contributed by atoms with Crippen molar-refractivity contribution in [1.29, 1.82) is 0 Å². The summed E-state index contributed by atoms with van der Waals surface area (Å²) in [4.78, 5) is 4.26. The number of hydrogen-bond donors (Lipinski definition) is 3. The zero-order valence-electron chi connectivity index (χ0n) is 10.3. The third-order valence-electron chi connectivity index (χ3n) is 2.14. The molecule has 0 radical (unpaired) electrons. The van der Waals surface area contributed by atoms with Gasteiger partial charge in [0, 0.05) is 20.3 Å². The molecular formula is C11H20N4O2. The summed E-state index contributed by atoms with van der Waals surface area (Å²) < 4.78 is 10.3. The van der Waals surface area contributed by atoms with Gasteiger partial charge in [0.05, 0.1) is 0 Å². The highest BCUT2D eigenvalue weighted by molar-refractivity contribution is 5.79. The fourth-order valence-electron chi connectivity index (χ4n) is 1.30. The second-order valence-corrected chi connectivity index (χ2v) is 3.59. The number of hydrogen-bond acceptors (Lipinski definition) is 4. The zero-order valence-corrected chi connectivity index (χ0v) is 10.3. The smallest absolute Gasteiger partial charge is 0.206 e. The summed E-state index contributed by atoms with van der Waals surface area (Å²) in [5.74, 6) is 7.60. The summed E-state index contributed by atoms with van der Waals surface area (Å²) in [7, 11) is 1.68. The van der Waals surface area contributed by atoms with E-state index in [1.165, 1.54) is 0 Å². The van der Waals surface area contributed by atoms with Crippen LogP contribution in [0, 0.1) is 6.92 Å². The van der Waals surface area contributed by atoms with Gasteiger partial charge in [0.1, 0.15) is 18.1 Å². The first-order valence-electron chi connectivity index (χ1n) is 5.55. The second-order valence-electron chi connectivity index (χ2n) is 3.59. The summed E-state index contributed by atoms with van der Waals surface area (Å²) in [5, 5.41) is 3.07. The van der Waals surface area contributed by atoms with Crippen LogP contribution in [0.25, 0.3) is 0 Å². The SMILES string of the molecule is COCCCNC(=NCc1ccc(C)o1)NN. The van der Waals surface area contributed by atoms with Crippen LogP contribution in [0.1, 0.15) is 17.9 Å². The van der Waals surface area contributed by atoms with Gasteiger partial charge < -0.3 is 14.5 Å². The minimum Gasteiger partial charge on any atom is -0.464 e. The molecule has 1 heterocycles. The normalized spacial score (nSPS) is 11.6. The second kappa shape index (κ2) is 7.70. The number of nitrogens with two attached hydrogens (primary N) is 1. The molecule has 0 atom stereocenters. The molecule has 1 aromatic rings. The molecule has 0 aliphatic carbocycles. The molecule has 1 aromatic heterocycles. The summed E-state index contributed by atoms with van der Waals surface area (Å²) in [5.41, 5.74) is 2.51. The lowest BCUT2D eigenvalue weighted by Crippen LogP contribution is -2.42. The van der Waals surface area contributed by atoms with E-state index in [4.69, 9.17) is 15.0 Å². The Bertz CT molecular complexity index is 349. The molecule has 0 aliphatic rings. The fraction of sp³-hybridized carbons (Fsp3) is 0.545. The van der Waals surface area contributed by atoms with Crippen LogP contribution < -0.4 is 16.6 Å². The van der Waals surface area contributed by atoms with Crippen LogP contribution >= 0.6 is 0 Å². The van der Waals surface area contributed by atoms with Gasteiger partial charge in [-0.15, -0.1) is 0 Å². The van der Waals surface area contributed by atoms with Crippen molar-refractivity contribution in [3.05, 3.63) is 23.7 Å². The molecule has 0 saturated carbocycles. The maximum Gasteiger partial charge on any atom is 0.206 e. The maximum absolute atomic E-state index is 5.40. The highest BCUT2D eigenvalue weighted by Crippen LogP contribution is 2.06. The first-order chi connectivity index (χ1) is 8.26. The van der Waals surface area contributed by atoms with Crippen molar-refractivity contribution >= 4 is 5.96 Å². The molecule has 4 N–H and O–H groups in total. The molecule has 0 saturated heterocycles. The molecule has 0 aromatic carbocycles. The number of aryl methyl sites for hydroxylation is 1. The van der Waals surface area contributed by atoms with E-state index in [1.54, 1.807) is 7.11 Å². The van der Waals surface area contributed by atoms with Gasteiger partial charge in [0.15, 0.2) is 0 Å². The van der Waals surface area contributed by atoms with E-state index < -0.39 is 0 Å². The van der Waals surface area contributed by atoms with Gasteiger partial charge in [-0.3, -0.25) is 5.43 Å². The molecule has 0 spiro atoms. The molecular weight excluding hydrogens is 220 g/mol. The average Bonchev–Trinajstić information content (AvgIpc) is 2.74. The number of nitrogens with zero attached hydrogens (tertiary/aromatic N) is 1. The number of guanidine groups is 1. The van der Waals surface area contributed by atoms with Crippen molar-refractivity contribution in [3.8, 4) is 0 Å². The first-order valence-corrected chi connectivity index (χ1v) is 5.55. The van der Waals surface area contributed by atoms with Gasteiger partial charge in [0.25, 0.3) is 0 Å². The van der Waals surface area contributed by atoms with Crippen LogP contribution in [-0.2, 0) is 11.3 Å². The topological polar surface area (TPSA) is 84.8 Å². The molecule has 0 aliphatic heterocycles. The highest BCUT2D eigenvalue weighted by Gasteiger charge is 1.99. The molecule has 1 rings (SSSR count). The Morgan fingerprint density at radius 1 is 1.53 bits per heavy atom. The van der Waals surface area contributed by atoms with Crippen LogP contribution in [0.3, 0.4) is 0 Å². The standard InChI is InChI=1S/C11H20N4O2/c1-9-4-5-10(17-9)8-14-11(15-12)13-6-3-7-16-2/h4-5H,3,6-8,12H2,1-2H3,(H2,13,14,15). The van der Waals surface area contributed by atoms with Gasteiger partial charge in [0.2, 0.25) is 5.96 Å². The van der Waals surface area contributed by atoms with Gasteiger partial charge in [-0.1, -0.05) is 0 Å². The molecule has 0 amide bonds. The van der Waals surface area contributed by atoms with Gasteiger partial charge >= 0.3 is 0 Å². The Balaban J connectivity index is 2.33. The Morgan fingerprint density at radius 2 is 2.35 bits per heavy atom. The number of hydrazine groups is 1. The zero-order chi connectivity index (χ0) is 12.5. The summed E-state index contributed by atoms with van der Waals surface area (Å²) in [6, 6.07) is 3.81. The fourth-order valence-corrected chi connectivity index (χ4v) is 1.30. The maximum atomic E-state index is 5.40. The van der Waals surface area contributed by atoms with E-state index in [-0.39, 0.29) is 0 Å². The van der Waals surface area contributed by atoms with Crippen molar-refractivity contribution in [3.63, 3.8) is 0 Å². The lowest BCUT2D eigenvalue weighted by molar-refractivity contribution is 0.195. The van der Waals surface area contributed by atoms with Crippen LogP contribution in [0.5, 0.6) is 0 Å². The lowest BCUT2D eigenvalue weighted by Gasteiger charge is -2.08. The molecule has 96 valence electrons. The summed E-state index contributed by atoms with van der Waals surface area (Å²) in [6.07, 6.45) is 0.900. The number of nitrogens with one attached hydrogen (secondary N) is 2. The first kappa shape index (κ1) is 13.5.